The molecule has 0 bridgehead atoms. The van der Waals surface area contributed by atoms with E-state index in [0.29, 0.717) is 23.2 Å². The maximum absolute atomic E-state index is 12.4. The van der Waals surface area contributed by atoms with Gasteiger partial charge in [-0.2, -0.15) is 0 Å². The van der Waals surface area contributed by atoms with Crippen LogP contribution in [0.4, 0.5) is 5.13 Å². The Kier molecular flexibility index (Phi) is 4.96. The number of hydrogen-bond donors (Lipinski definition) is 1. The second-order valence-electron chi connectivity index (χ2n) is 6.07. The van der Waals surface area contributed by atoms with Crippen LogP contribution in [-0.4, -0.2) is 17.5 Å². The Morgan fingerprint density at radius 1 is 1.48 bits per heavy atom. The minimum Gasteiger partial charge on any atom is -0.494 e. The Balaban J connectivity index is 1.69. The number of anilines is 1. The summed E-state index contributed by atoms with van der Waals surface area (Å²) in [5.74, 6) is 1.30. The standard InChI is InChI=1S/C18H22N2O2S/c1-3-9-22-14-6-4-5-13(11-14)17(21)20-18-19-15-8-7-12(2)10-16(15)23-18/h4-6,11-12H,3,7-10H2,1-2H3,(H,19,20,21). The van der Waals surface area contributed by atoms with Crippen molar-refractivity contribution in [2.75, 3.05) is 11.9 Å². The predicted molar refractivity (Wildman–Crippen MR) is 93.5 cm³/mol. The lowest BCUT2D eigenvalue weighted by Crippen LogP contribution is -2.12. The van der Waals surface area contributed by atoms with Crippen LogP contribution < -0.4 is 10.1 Å². The van der Waals surface area contributed by atoms with E-state index in [1.165, 1.54) is 11.3 Å². The zero-order chi connectivity index (χ0) is 16.2. The maximum Gasteiger partial charge on any atom is 0.257 e. The van der Waals surface area contributed by atoms with E-state index >= 15 is 0 Å². The number of nitrogens with one attached hydrogen (secondary N) is 1. The third-order valence-corrected chi connectivity index (χ3v) is 5.01. The average molecular weight is 330 g/mol. The van der Waals surface area contributed by atoms with Gasteiger partial charge in [0.2, 0.25) is 0 Å². The molecule has 1 amide bonds. The van der Waals surface area contributed by atoms with Crippen molar-refractivity contribution in [3.63, 3.8) is 0 Å². The fourth-order valence-electron chi connectivity index (χ4n) is 2.71. The summed E-state index contributed by atoms with van der Waals surface area (Å²) in [6.07, 6.45) is 4.22. The van der Waals surface area contributed by atoms with Crippen molar-refractivity contribution in [1.82, 2.24) is 4.98 Å². The first kappa shape index (κ1) is 16.0. The number of aryl methyl sites for hydroxylation is 1. The number of nitrogens with zero attached hydrogens (tertiary/aromatic N) is 1. The van der Waals surface area contributed by atoms with Crippen LogP contribution in [0.3, 0.4) is 0 Å². The molecule has 0 radical (unpaired) electrons. The summed E-state index contributed by atoms with van der Waals surface area (Å²) in [5.41, 5.74) is 1.75. The van der Waals surface area contributed by atoms with Gasteiger partial charge in [-0.3, -0.25) is 10.1 Å². The van der Waals surface area contributed by atoms with Crippen molar-refractivity contribution >= 4 is 22.4 Å². The van der Waals surface area contributed by atoms with Crippen LogP contribution >= 0.6 is 11.3 Å². The molecule has 0 aliphatic heterocycles. The first-order chi connectivity index (χ1) is 11.2. The second-order valence-corrected chi connectivity index (χ2v) is 7.15. The Hall–Kier alpha value is -1.88. The third kappa shape index (κ3) is 3.91. The van der Waals surface area contributed by atoms with Crippen LogP contribution in [-0.2, 0) is 12.8 Å². The van der Waals surface area contributed by atoms with E-state index in [-0.39, 0.29) is 5.91 Å². The van der Waals surface area contributed by atoms with E-state index in [9.17, 15) is 4.79 Å². The molecule has 122 valence electrons. The van der Waals surface area contributed by atoms with Gasteiger partial charge in [0.1, 0.15) is 5.75 Å². The number of ether oxygens (including phenoxy) is 1. The highest BCUT2D eigenvalue weighted by atomic mass is 32.1. The number of carbonyl (C=O) groups excluding carboxylic acids is 1. The van der Waals surface area contributed by atoms with Gasteiger partial charge in [0.05, 0.1) is 12.3 Å². The largest absolute Gasteiger partial charge is 0.494 e. The second kappa shape index (κ2) is 7.13. The number of carbonyl (C=O) groups is 1. The average Bonchev–Trinajstić information content (AvgIpc) is 2.94. The summed E-state index contributed by atoms with van der Waals surface area (Å²) < 4.78 is 5.58. The van der Waals surface area contributed by atoms with Gasteiger partial charge in [-0.15, -0.1) is 11.3 Å². The van der Waals surface area contributed by atoms with Crippen molar-refractivity contribution in [1.29, 1.82) is 0 Å². The first-order valence-corrected chi connectivity index (χ1v) is 9.00. The number of fused-ring (bicyclic) bond motifs is 1. The molecule has 5 heteroatoms. The topological polar surface area (TPSA) is 51.2 Å². The Morgan fingerprint density at radius 3 is 3.17 bits per heavy atom. The predicted octanol–water partition coefficient (Wildman–Crippen LogP) is 4.31. The van der Waals surface area contributed by atoms with Crippen molar-refractivity contribution < 1.29 is 9.53 Å². The van der Waals surface area contributed by atoms with Crippen LogP contribution in [0.15, 0.2) is 24.3 Å². The lowest BCUT2D eigenvalue weighted by Gasteiger charge is -2.15. The highest BCUT2D eigenvalue weighted by Crippen LogP contribution is 2.32. The zero-order valence-corrected chi connectivity index (χ0v) is 14.4. The summed E-state index contributed by atoms with van der Waals surface area (Å²) in [4.78, 5) is 18.3. The molecule has 1 heterocycles. The van der Waals surface area contributed by atoms with E-state index < -0.39 is 0 Å². The van der Waals surface area contributed by atoms with Gasteiger partial charge in [0.25, 0.3) is 5.91 Å². The Labute approximate surface area is 140 Å². The maximum atomic E-state index is 12.4. The van der Waals surface area contributed by atoms with E-state index in [2.05, 4.69) is 24.1 Å². The fraction of sp³-hybridized carbons (Fsp3) is 0.444. The fourth-order valence-corrected chi connectivity index (χ4v) is 3.88. The minimum atomic E-state index is -0.133. The zero-order valence-electron chi connectivity index (χ0n) is 13.6. The molecule has 1 aliphatic carbocycles. The highest BCUT2D eigenvalue weighted by molar-refractivity contribution is 7.15. The van der Waals surface area contributed by atoms with E-state index in [1.807, 2.05) is 12.1 Å². The normalized spacial score (nSPS) is 16.7. The SMILES string of the molecule is CCCOc1cccc(C(=O)Nc2nc3c(s2)CC(C)CC3)c1. The van der Waals surface area contributed by atoms with Gasteiger partial charge in [-0.1, -0.05) is 19.9 Å². The molecule has 1 unspecified atom stereocenters. The van der Waals surface area contributed by atoms with Crippen LogP contribution in [0, 0.1) is 5.92 Å². The number of rotatable bonds is 5. The molecule has 23 heavy (non-hydrogen) atoms. The van der Waals surface area contributed by atoms with E-state index in [0.717, 1.165) is 30.7 Å². The molecule has 0 spiro atoms. The van der Waals surface area contributed by atoms with Gasteiger partial charge >= 0.3 is 0 Å². The molecule has 1 aromatic heterocycles. The molecule has 1 N–H and O–H groups in total. The Morgan fingerprint density at radius 2 is 2.35 bits per heavy atom. The summed E-state index contributed by atoms with van der Waals surface area (Å²) in [6.45, 7) is 4.98. The van der Waals surface area contributed by atoms with Crippen LogP contribution in [0.5, 0.6) is 5.75 Å². The molecule has 0 saturated carbocycles. The van der Waals surface area contributed by atoms with E-state index in [1.54, 1.807) is 23.5 Å². The number of thiazole rings is 1. The minimum absolute atomic E-state index is 0.133. The first-order valence-electron chi connectivity index (χ1n) is 8.18. The van der Waals surface area contributed by atoms with Crippen LogP contribution in [0.1, 0.15) is 47.6 Å². The highest BCUT2D eigenvalue weighted by Gasteiger charge is 2.20. The third-order valence-electron chi connectivity index (χ3n) is 3.98. The van der Waals surface area contributed by atoms with Crippen molar-refractivity contribution in [2.24, 2.45) is 5.92 Å². The molecular weight excluding hydrogens is 308 g/mol. The van der Waals surface area contributed by atoms with Gasteiger partial charge in [0, 0.05) is 10.4 Å². The molecule has 3 rings (SSSR count). The van der Waals surface area contributed by atoms with Gasteiger partial charge in [-0.25, -0.2) is 4.98 Å². The quantitative estimate of drug-likeness (QED) is 0.889. The molecule has 4 nitrogen and oxygen atoms in total. The molecular formula is C18H22N2O2S. The Bertz CT molecular complexity index is 696. The molecule has 1 aromatic carbocycles. The lowest BCUT2D eigenvalue weighted by molar-refractivity contribution is 0.102. The number of amides is 1. The smallest absolute Gasteiger partial charge is 0.257 e. The van der Waals surface area contributed by atoms with Crippen molar-refractivity contribution in [3.05, 3.63) is 40.4 Å². The summed E-state index contributed by atoms with van der Waals surface area (Å²) in [7, 11) is 0. The summed E-state index contributed by atoms with van der Waals surface area (Å²) >= 11 is 1.61. The van der Waals surface area contributed by atoms with Crippen molar-refractivity contribution in [2.45, 2.75) is 39.5 Å². The molecule has 1 aliphatic rings. The number of aromatic nitrogens is 1. The monoisotopic (exact) mass is 330 g/mol. The van der Waals surface area contributed by atoms with Crippen LogP contribution in [0.25, 0.3) is 0 Å². The summed E-state index contributed by atoms with van der Waals surface area (Å²) in [5, 5.41) is 3.63. The summed E-state index contributed by atoms with van der Waals surface area (Å²) in [6, 6.07) is 7.29. The van der Waals surface area contributed by atoms with E-state index in [4.69, 9.17) is 4.74 Å². The number of hydrogen-bond acceptors (Lipinski definition) is 4. The molecule has 2 aromatic rings. The lowest BCUT2D eigenvalue weighted by atomic mass is 9.93. The molecule has 0 fully saturated rings. The van der Waals surface area contributed by atoms with Gasteiger partial charge in [0.15, 0.2) is 5.13 Å². The van der Waals surface area contributed by atoms with Gasteiger partial charge < -0.3 is 4.74 Å². The van der Waals surface area contributed by atoms with Gasteiger partial charge in [-0.05, 0) is 49.8 Å². The van der Waals surface area contributed by atoms with Crippen LogP contribution in [0.2, 0.25) is 0 Å². The number of benzene rings is 1. The van der Waals surface area contributed by atoms with Crippen molar-refractivity contribution in [3.8, 4) is 5.75 Å². The molecule has 0 saturated heterocycles. The molecule has 1 atom stereocenters.